The van der Waals surface area contributed by atoms with E-state index in [2.05, 4.69) is 13.0 Å². The predicted octanol–water partition coefficient (Wildman–Crippen LogP) is 3.78. The molecule has 1 heterocycles. The van der Waals surface area contributed by atoms with Crippen molar-refractivity contribution in [1.82, 2.24) is 0 Å². The van der Waals surface area contributed by atoms with Crippen molar-refractivity contribution in [2.75, 3.05) is 6.61 Å². The Balaban J connectivity index is 1.73. The van der Waals surface area contributed by atoms with Crippen LogP contribution in [0.25, 0.3) is 0 Å². The Bertz CT molecular complexity index is 634. The lowest BCUT2D eigenvalue weighted by Crippen LogP contribution is -1.98. The number of hydrogen-bond acceptors (Lipinski definition) is 3. The maximum Gasteiger partial charge on any atom is 0.126 e. The van der Waals surface area contributed by atoms with E-state index in [1.54, 1.807) is 12.1 Å². The highest BCUT2D eigenvalue weighted by Gasteiger charge is 2.20. The van der Waals surface area contributed by atoms with E-state index in [1.165, 1.54) is 5.56 Å². The molecule has 1 aliphatic heterocycles. The molecular weight excluding hydrogens is 252 g/mol. The number of hydrogen-bond donors (Lipinski definition) is 1. The molecular formula is C17H18O3. The molecule has 3 rings (SSSR count). The Kier molecular flexibility index (Phi) is 3.26. The van der Waals surface area contributed by atoms with Gasteiger partial charge in [0.05, 0.1) is 6.61 Å². The molecule has 0 saturated carbocycles. The summed E-state index contributed by atoms with van der Waals surface area (Å²) in [6, 6.07) is 11.3. The van der Waals surface area contributed by atoms with Crippen molar-refractivity contribution in [2.24, 2.45) is 0 Å². The lowest BCUT2D eigenvalue weighted by Gasteiger charge is -2.10. The van der Waals surface area contributed by atoms with Crippen molar-refractivity contribution in [1.29, 1.82) is 0 Å². The molecule has 0 radical (unpaired) electrons. The molecule has 1 N–H and O–H groups in total. The van der Waals surface area contributed by atoms with Gasteiger partial charge in [0.2, 0.25) is 0 Å². The molecule has 3 nitrogen and oxygen atoms in total. The smallest absolute Gasteiger partial charge is 0.126 e. The van der Waals surface area contributed by atoms with Gasteiger partial charge in [0.15, 0.2) is 0 Å². The minimum absolute atomic E-state index is 0.283. The predicted molar refractivity (Wildman–Crippen MR) is 77.5 cm³/mol. The van der Waals surface area contributed by atoms with Crippen molar-refractivity contribution in [2.45, 2.75) is 26.4 Å². The summed E-state index contributed by atoms with van der Waals surface area (Å²) in [5, 5.41) is 9.40. The normalized spacial score (nSPS) is 16.6. The Morgan fingerprint density at radius 3 is 2.90 bits per heavy atom. The number of fused-ring (bicyclic) bond motifs is 1. The van der Waals surface area contributed by atoms with Crippen LogP contribution in [0, 0.1) is 6.92 Å². The minimum atomic E-state index is 0.283. The first-order valence-electron chi connectivity index (χ1n) is 6.81. The van der Waals surface area contributed by atoms with Gasteiger partial charge in [-0.25, -0.2) is 0 Å². The molecule has 0 aliphatic carbocycles. The zero-order valence-electron chi connectivity index (χ0n) is 11.7. The van der Waals surface area contributed by atoms with Gasteiger partial charge in [0, 0.05) is 17.5 Å². The van der Waals surface area contributed by atoms with E-state index in [0.29, 0.717) is 12.5 Å². The third-order valence-electron chi connectivity index (χ3n) is 3.73. The number of aromatic hydroxyl groups is 1. The fraction of sp³-hybridized carbons (Fsp3) is 0.294. The van der Waals surface area contributed by atoms with Gasteiger partial charge in [0.25, 0.3) is 0 Å². The molecule has 2 aromatic carbocycles. The first-order valence-corrected chi connectivity index (χ1v) is 6.81. The molecule has 0 spiro atoms. The fourth-order valence-electron chi connectivity index (χ4n) is 2.44. The molecule has 0 bridgehead atoms. The van der Waals surface area contributed by atoms with Gasteiger partial charge in [-0.1, -0.05) is 19.1 Å². The van der Waals surface area contributed by atoms with E-state index >= 15 is 0 Å². The number of phenolic OH excluding ortho intramolecular Hbond substituents is 1. The summed E-state index contributed by atoms with van der Waals surface area (Å²) in [7, 11) is 0. The van der Waals surface area contributed by atoms with Gasteiger partial charge in [-0.2, -0.15) is 0 Å². The van der Waals surface area contributed by atoms with Gasteiger partial charge in [-0.15, -0.1) is 0 Å². The monoisotopic (exact) mass is 270 g/mol. The summed E-state index contributed by atoms with van der Waals surface area (Å²) in [4.78, 5) is 0. The summed E-state index contributed by atoms with van der Waals surface area (Å²) >= 11 is 0. The van der Waals surface area contributed by atoms with Crippen molar-refractivity contribution >= 4 is 0 Å². The van der Waals surface area contributed by atoms with Gasteiger partial charge >= 0.3 is 0 Å². The summed E-state index contributed by atoms with van der Waals surface area (Å²) in [5.74, 6) is 2.48. The van der Waals surface area contributed by atoms with Crippen LogP contribution in [0.2, 0.25) is 0 Å². The number of ether oxygens (including phenoxy) is 2. The maximum absolute atomic E-state index is 9.40. The molecule has 1 aliphatic rings. The molecule has 0 fully saturated rings. The lowest BCUT2D eigenvalue weighted by atomic mass is 10.0. The Labute approximate surface area is 118 Å². The molecule has 0 saturated heterocycles. The molecule has 2 aromatic rings. The Hall–Kier alpha value is -2.16. The quantitative estimate of drug-likeness (QED) is 0.922. The summed E-state index contributed by atoms with van der Waals surface area (Å²) in [6.45, 7) is 5.36. The lowest BCUT2D eigenvalue weighted by molar-refractivity contribution is 0.300. The second-order valence-electron chi connectivity index (χ2n) is 5.31. The van der Waals surface area contributed by atoms with E-state index in [4.69, 9.17) is 9.47 Å². The van der Waals surface area contributed by atoms with Crippen molar-refractivity contribution in [3.05, 3.63) is 53.1 Å². The first-order chi connectivity index (χ1) is 9.63. The van der Waals surface area contributed by atoms with Gasteiger partial charge in [-0.05, 0) is 36.2 Å². The highest BCUT2D eigenvalue weighted by atomic mass is 16.5. The van der Waals surface area contributed by atoms with Crippen LogP contribution in [0.1, 0.15) is 29.5 Å². The molecule has 0 aromatic heterocycles. The van der Waals surface area contributed by atoms with Crippen LogP contribution >= 0.6 is 0 Å². The molecule has 20 heavy (non-hydrogen) atoms. The molecule has 3 heteroatoms. The highest BCUT2D eigenvalue weighted by Crippen LogP contribution is 2.36. The van der Waals surface area contributed by atoms with Crippen LogP contribution in [0.15, 0.2) is 36.4 Å². The highest BCUT2D eigenvalue weighted by molar-refractivity contribution is 5.45. The largest absolute Gasteiger partial charge is 0.508 e. The second-order valence-corrected chi connectivity index (χ2v) is 5.31. The zero-order valence-corrected chi connectivity index (χ0v) is 11.7. The van der Waals surface area contributed by atoms with Crippen molar-refractivity contribution < 1.29 is 14.6 Å². The number of benzene rings is 2. The summed E-state index contributed by atoms with van der Waals surface area (Å²) in [6.07, 6.45) is 0. The Morgan fingerprint density at radius 2 is 2.10 bits per heavy atom. The first kappa shape index (κ1) is 12.9. The third-order valence-corrected chi connectivity index (χ3v) is 3.73. The van der Waals surface area contributed by atoms with Gasteiger partial charge < -0.3 is 14.6 Å². The summed E-state index contributed by atoms with van der Waals surface area (Å²) < 4.78 is 11.4. The van der Waals surface area contributed by atoms with E-state index in [-0.39, 0.29) is 5.75 Å². The van der Waals surface area contributed by atoms with E-state index in [1.807, 2.05) is 25.1 Å². The van der Waals surface area contributed by atoms with Crippen LogP contribution in [-0.4, -0.2) is 11.7 Å². The van der Waals surface area contributed by atoms with E-state index in [0.717, 1.165) is 29.2 Å². The summed E-state index contributed by atoms with van der Waals surface area (Å²) in [5.41, 5.74) is 3.34. The van der Waals surface area contributed by atoms with Crippen molar-refractivity contribution in [3.8, 4) is 17.2 Å². The zero-order chi connectivity index (χ0) is 14.1. The molecule has 0 unspecified atom stereocenters. The van der Waals surface area contributed by atoms with Crippen molar-refractivity contribution in [3.63, 3.8) is 0 Å². The maximum atomic E-state index is 9.40. The number of phenols is 1. The SMILES string of the molecule is Cc1cc(O)ccc1COc1ccc2c(c1)OC[C@H]2C. The average molecular weight is 270 g/mol. The Morgan fingerprint density at radius 1 is 1.25 bits per heavy atom. The van der Waals surface area contributed by atoms with Crippen LogP contribution in [0.3, 0.4) is 0 Å². The van der Waals surface area contributed by atoms with E-state index < -0.39 is 0 Å². The average Bonchev–Trinajstić information content (AvgIpc) is 2.79. The number of rotatable bonds is 3. The van der Waals surface area contributed by atoms with Crippen LogP contribution in [0.5, 0.6) is 17.2 Å². The molecule has 1 atom stereocenters. The molecule has 0 amide bonds. The topological polar surface area (TPSA) is 38.7 Å². The van der Waals surface area contributed by atoms with E-state index in [9.17, 15) is 5.11 Å². The van der Waals surface area contributed by atoms with Crippen LogP contribution < -0.4 is 9.47 Å². The minimum Gasteiger partial charge on any atom is -0.508 e. The van der Waals surface area contributed by atoms with Gasteiger partial charge in [-0.3, -0.25) is 0 Å². The van der Waals surface area contributed by atoms with Gasteiger partial charge in [0.1, 0.15) is 23.9 Å². The number of aryl methyl sites for hydroxylation is 1. The van der Waals surface area contributed by atoms with Crippen LogP contribution in [-0.2, 0) is 6.61 Å². The fourth-order valence-corrected chi connectivity index (χ4v) is 2.44. The standard InChI is InChI=1S/C17H18O3/c1-11-7-14(18)4-3-13(11)10-19-15-5-6-16-12(2)9-20-17(16)8-15/h3-8,12,18H,9-10H2,1-2H3/t12-/m1/s1. The third kappa shape index (κ3) is 2.44. The van der Waals surface area contributed by atoms with Crippen LogP contribution in [0.4, 0.5) is 0 Å². The second kappa shape index (κ2) is 5.08. The molecule has 104 valence electrons.